The molecule has 0 heterocycles. The van der Waals surface area contributed by atoms with Gasteiger partial charge < -0.3 is 9.80 Å². The predicted octanol–water partition coefficient (Wildman–Crippen LogP) is 13.5. The van der Waals surface area contributed by atoms with Crippen LogP contribution in [0.5, 0.6) is 0 Å². The summed E-state index contributed by atoms with van der Waals surface area (Å²) in [6, 6.07) is 57.6. The summed E-state index contributed by atoms with van der Waals surface area (Å²) in [5.41, 5.74) is 9.66. The molecule has 0 fully saturated rings. The number of anilines is 6. The number of rotatable bonds is 6. The molecule has 0 bridgehead atoms. The van der Waals surface area contributed by atoms with Crippen molar-refractivity contribution < 1.29 is 0 Å². The molecule has 7 aromatic carbocycles. The van der Waals surface area contributed by atoms with E-state index in [4.69, 9.17) is 0 Å². The number of hydrogen-bond acceptors (Lipinski definition) is 2. The van der Waals surface area contributed by atoms with Gasteiger partial charge in [-0.05, 0) is 70.5 Å². The lowest BCUT2D eigenvalue weighted by Crippen LogP contribution is -2.16. The van der Waals surface area contributed by atoms with E-state index in [1.54, 1.807) is 0 Å². The van der Waals surface area contributed by atoms with E-state index in [-0.39, 0.29) is 10.8 Å². The van der Waals surface area contributed by atoms with Gasteiger partial charge >= 0.3 is 0 Å². The maximum atomic E-state index is 2.44. The molecule has 0 aliphatic heterocycles. The van der Waals surface area contributed by atoms with Gasteiger partial charge in [0.15, 0.2) is 0 Å². The largest absolute Gasteiger partial charge is 0.309 e. The van der Waals surface area contributed by atoms with Crippen LogP contribution in [0.15, 0.2) is 158 Å². The van der Waals surface area contributed by atoms with Crippen LogP contribution < -0.4 is 9.80 Å². The van der Waals surface area contributed by atoms with Crippen molar-refractivity contribution in [3.05, 3.63) is 169 Å². The van der Waals surface area contributed by atoms with Gasteiger partial charge in [-0.1, -0.05) is 151 Å². The number of fused-ring (bicyclic) bond motifs is 2. The Morgan fingerprint density at radius 1 is 0.292 bits per heavy atom. The molecule has 7 aromatic rings. The molecule has 0 unspecified atom stereocenters. The molecule has 0 spiro atoms. The van der Waals surface area contributed by atoms with E-state index in [1.165, 1.54) is 44.0 Å². The Morgan fingerprint density at radius 3 is 0.812 bits per heavy atom. The summed E-state index contributed by atoms with van der Waals surface area (Å²) >= 11 is 0. The van der Waals surface area contributed by atoms with Gasteiger partial charge in [-0.3, -0.25) is 0 Å². The summed E-state index contributed by atoms with van der Waals surface area (Å²) in [4.78, 5) is 4.87. The molecule has 48 heavy (non-hydrogen) atoms. The molecule has 0 saturated carbocycles. The van der Waals surface area contributed by atoms with Gasteiger partial charge in [0.1, 0.15) is 0 Å². The lowest BCUT2D eigenvalue weighted by molar-refractivity contribution is 0.590. The van der Waals surface area contributed by atoms with Crippen LogP contribution in [-0.4, -0.2) is 0 Å². The first kappa shape index (κ1) is 31.3. The van der Waals surface area contributed by atoms with Gasteiger partial charge in [0.25, 0.3) is 0 Å². The number of benzene rings is 7. The third-order valence-corrected chi connectivity index (χ3v) is 9.33. The van der Waals surface area contributed by atoms with Gasteiger partial charge in [-0.2, -0.15) is 0 Å². The molecule has 0 atom stereocenters. The molecule has 2 nitrogen and oxygen atoms in total. The lowest BCUT2D eigenvalue weighted by atomic mass is 9.87. The maximum absolute atomic E-state index is 2.44. The second kappa shape index (κ2) is 12.4. The zero-order valence-corrected chi connectivity index (χ0v) is 28.9. The molecular weight excluding hydrogens is 581 g/mol. The Balaban J connectivity index is 1.55. The standard InChI is InChI=1S/C46H44N2/c1-45(2,3)33-25-29-37(30-26-33)47(35-17-9-7-10-18-35)43-39-21-13-15-23-41(39)44(42-24-16-14-22-40(42)43)48(36-19-11-8-12-20-36)38-31-27-34(28-32-38)46(4,5)6/h7-32H,1-6H3. The van der Waals surface area contributed by atoms with Gasteiger partial charge in [0.05, 0.1) is 11.4 Å². The molecule has 0 radical (unpaired) electrons. The van der Waals surface area contributed by atoms with Crippen molar-refractivity contribution in [1.82, 2.24) is 0 Å². The highest BCUT2D eigenvalue weighted by molar-refractivity contribution is 6.23. The summed E-state index contributed by atoms with van der Waals surface area (Å²) < 4.78 is 0. The third-order valence-electron chi connectivity index (χ3n) is 9.33. The van der Waals surface area contributed by atoms with Crippen molar-refractivity contribution >= 4 is 55.7 Å². The van der Waals surface area contributed by atoms with E-state index < -0.39 is 0 Å². The van der Waals surface area contributed by atoms with Gasteiger partial charge in [-0.15, -0.1) is 0 Å². The van der Waals surface area contributed by atoms with Gasteiger partial charge in [0, 0.05) is 44.3 Å². The van der Waals surface area contributed by atoms with E-state index in [2.05, 4.69) is 209 Å². The van der Waals surface area contributed by atoms with E-state index in [1.807, 2.05) is 0 Å². The number of nitrogens with zero attached hydrogens (tertiary/aromatic N) is 2. The average Bonchev–Trinajstić information content (AvgIpc) is 3.10. The van der Waals surface area contributed by atoms with Crippen LogP contribution in [0.1, 0.15) is 52.7 Å². The molecule has 0 amide bonds. The van der Waals surface area contributed by atoms with Crippen LogP contribution in [0.4, 0.5) is 34.1 Å². The first-order chi connectivity index (χ1) is 23.1. The Morgan fingerprint density at radius 2 is 0.542 bits per heavy atom. The minimum absolute atomic E-state index is 0.0725. The fourth-order valence-electron chi connectivity index (χ4n) is 6.75. The molecule has 0 aliphatic rings. The molecule has 2 heteroatoms. The number of hydrogen-bond donors (Lipinski definition) is 0. The van der Waals surface area contributed by atoms with Crippen molar-refractivity contribution in [2.24, 2.45) is 0 Å². The summed E-state index contributed by atoms with van der Waals surface area (Å²) in [6.45, 7) is 13.6. The van der Waals surface area contributed by atoms with Crippen LogP contribution >= 0.6 is 0 Å². The highest BCUT2D eigenvalue weighted by Gasteiger charge is 2.26. The van der Waals surface area contributed by atoms with E-state index in [0.717, 1.165) is 22.7 Å². The van der Waals surface area contributed by atoms with Crippen molar-refractivity contribution in [3.63, 3.8) is 0 Å². The van der Waals surface area contributed by atoms with Crippen molar-refractivity contribution in [2.45, 2.75) is 52.4 Å². The van der Waals surface area contributed by atoms with Crippen molar-refractivity contribution in [3.8, 4) is 0 Å². The average molecular weight is 625 g/mol. The number of para-hydroxylation sites is 2. The Bertz CT molecular complexity index is 1950. The zero-order valence-electron chi connectivity index (χ0n) is 28.9. The maximum Gasteiger partial charge on any atom is 0.0619 e. The monoisotopic (exact) mass is 624 g/mol. The van der Waals surface area contributed by atoms with Gasteiger partial charge in [-0.25, -0.2) is 0 Å². The Labute approximate surface area is 285 Å². The summed E-state index contributed by atoms with van der Waals surface area (Å²) in [5, 5.41) is 4.79. The predicted molar refractivity (Wildman–Crippen MR) is 208 cm³/mol. The molecule has 0 N–H and O–H groups in total. The molecule has 7 rings (SSSR count). The third kappa shape index (κ3) is 5.84. The fraction of sp³-hybridized carbons (Fsp3) is 0.174. The molecule has 0 aromatic heterocycles. The van der Waals surface area contributed by atoms with Crippen LogP contribution in [0.25, 0.3) is 21.5 Å². The van der Waals surface area contributed by atoms with Crippen LogP contribution in [0.2, 0.25) is 0 Å². The zero-order chi connectivity index (χ0) is 33.5. The highest BCUT2D eigenvalue weighted by atomic mass is 15.2. The van der Waals surface area contributed by atoms with E-state index in [9.17, 15) is 0 Å². The van der Waals surface area contributed by atoms with E-state index >= 15 is 0 Å². The van der Waals surface area contributed by atoms with Crippen LogP contribution in [-0.2, 0) is 10.8 Å². The Hall–Kier alpha value is -5.34. The minimum Gasteiger partial charge on any atom is -0.309 e. The van der Waals surface area contributed by atoms with Crippen molar-refractivity contribution in [1.29, 1.82) is 0 Å². The highest BCUT2D eigenvalue weighted by Crippen LogP contribution is 2.51. The first-order valence-corrected chi connectivity index (χ1v) is 17.0. The summed E-state index contributed by atoms with van der Waals surface area (Å²) in [7, 11) is 0. The second-order valence-electron chi connectivity index (χ2n) is 14.7. The summed E-state index contributed by atoms with van der Waals surface area (Å²) in [6.07, 6.45) is 0. The quantitative estimate of drug-likeness (QED) is 0.134. The molecular formula is C46H44N2. The van der Waals surface area contributed by atoms with Crippen LogP contribution in [0, 0.1) is 0 Å². The fourth-order valence-corrected chi connectivity index (χ4v) is 6.75. The molecule has 238 valence electrons. The summed E-state index contributed by atoms with van der Waals surface area (Å²) in [5.74, 6) is 0. The smallest absolute Gasteiger partial charge is 0.0619 e. The van der Waals surface area contributed by atoms with Gasteiger partial charge in [0.2, 0.25) is 0 Å². The SMILES string of the molecule is CC(C)(C)c1ccc(N(c2ccccc2)c2c3ccccc3c(N(c3ccccc3)c3ccc(C(C)(C)C)cc3)c3ccccc23)cc1. The van der Waals surface area contributed by atoms with Crippen LogP contribution in [0.3, 0.4) is 0 Å². The lowest BCUT2D eigenvalue weighted by Gasteiger charge is -2.33. The topological polar surface area (TPSA) is 6.48 Å². The normalized spacial score (nSPS) is 12.0. The molecule has 0 aliphatic carbocycles. The minimum atomic E-state index is 0.0725. The van der Waals surface area contributed by atoms with E-state index in [0.29, 0.717) is 0 Å². The Kier molecular flexibility index (Phi) is 8.05. The van der Waals surface area contributed by atoms with Crippen molar-refractivity contribution in [2.75, 3.05) is 9.80 Å². The second-order valence-corrected chi connectivity index (χ2v) is 14.7. The first-order valence-electron chi connectivity index (χ1n) is 17.0. The molecule has 0 saturated heterocycles.